The number of rotatable bonds is 5. The second kappa shape index (κ2) is 8.17. The van der Waals surface area contributed by atoms with Crippen molar-refractivity contribution in [3.05, 3.63) is 53.1 Å². The predicted octanol–water partition coefficient (Wildman–Crippen LogP) is 0.846. The van der Waals surface area contributed by atoms with E-state index < -0.39 is 11.6 Å². The van der Waals surface area contributed by atoms with Crippen molar-refractivity contribution in [3.8, 4) is 11.8 Å². The molecule has 0 heterocycles. The largest absolute Gasteiger partial charge is 0.396 e. The summed E-state index contributed by atoms with van der Waals surface area (Å²) in [4.78, 5) is 0. The second-order valence-electron chi connectivity index (χ2n) is 4.24. The van der Waals surface area contributed by atoms with Gasteiger partial charge in [-0.15, -0.1) is 0 Å². The van der Waals surface area contributed by atoms with Gasteiger partial charge in [-0.05, 0) is 23.8 Å². The van der Waals surface area contributed by atoms with Crippen molar-refractivity contribution >= 4 is 5.69 Å². The molecule has 0 saturated carbocycles. The van der Waals surface area contributed by atoms with E-state index in [1.807, 2.05) is 0 Å². The van der Waals surface area contributed by atoms with Gasteiger partial charge < -0.3 is 17.2 Å². The molecule has 1 aromatic carbocycles. The van der Waals surface area contributed by atoms with Crippen LogP contribution < -0.4 is 22.5 Å². The highest BCUT2D eigenvalue weighted by Crippen LogP contribution is 2.17. The summed E-state index contributed by atoms with van der Waals surface area (Å²) >= 11 is 0. The number of benzene rings is 1. The highest BCUT2D eigenvalue weighted by molar-refractivity contribution is 5.52. The zero-order valence-corrected chi connectivity index (χ0v) is 11.5. The summed E-state index contributed by atoms with van der Waals surface area (Å²) in [6, 6.07) is 2.22. The Bertz CT molecular complexity index is 612. The maximum atomic E-state index is 13.7. The van der Waals surface area contributed by atoms with Crippen molar-refractivity contribution in [1.29, 1.82) is 0 Å². The highest BCUT2D eigenvalue weighted by atomic mass is 19.1. The van der Waals surface area contributed by atoms with Gasteiger partial charge in [-0.1, -0.05) is 18.4 Å². The zero-order valence-electron chi connectivity index (χ0n) is 11.5. The number of hydrogen-bond donors (Lipinski definition) is 4. The van der Waals surface area contributed by atoms with Crippen molar-refractivity contribution in [2.75, 3.05) is 25.5 Å². The molecular formula is C15H18F2N4. The van der Waals surface area contributed by atoms with Gasteiger partial charge >= 0.3 is 0 Å². The Kier molecular flexibility index (Phi) is 6.56. The summed E-state index contributed by atoms with van der Waals surface area (Å²) in [5, 5.41) is 2.87. The molecule has 0 radical (unpaired) electrons. The maximum absolute atomic E-state index is 13.7. The summed E-state index contributed by atoms with van der Waals surface area (Å²) in [6.45, 7) is 4.57. The quantitative estimate of drug-likeness (QED) is 0.280. The topological polar surface area (TPSA) is 90.1 Å². The fraction of sp³-hybridized carbons (Fsp3) is 0.200. The van der Waals surface area contributed by atoms with Crippen LogP contribution in [-0.2, 0) is 0 Å². The molecule has 0 saturated heterocycles. The Hall–Kier alpha value is -2.20. The monoisotopic (exact) mass is 292 g/mol. The van der Waals surface area contributed by atoms with Crippen molar-refractivity contribution in [2.45, 2.75) is 0 Å². The van der Waals surface area contributed by atoms with Gasteiger partial charge in [0, 0.05) is 25.3 Å². The van der Waals surface area contributed by atoms with E-state index in [2.05, 4.69) is 23.7 Å². The van der Waals surface area contributed by atoms with E-state index in [1.54, 1.807) is 6.08 Å². The number of nitrogens with two attached hydrogens (primary N) is 3. The van der Waals surface area contributed by atoms with Crippen LogP contribution in [0.25, 0.3) is 0 Å². The van der Waals surface area contributed by atoms with Crippen molar-refractivity contribution < 1.29 is 8.78 Å². The first kappa shape index (κ1) is 16.9. The van der Waals surface area contributed by atoms with Crippen LogP contribution in [0.3, 0.4) is 0 Å². The standard InChI is InChI=1S/C15H18F2N4/c1-10(7-18)6-11(8-21-9-19)2-3-12-13(16)4-5-14(20)15(12)17/h4-6,21H,1,7-9,18-20H2/b11-6-. The van der Waals surface area contributed by atoms with E-state index in [0.717, 1.165) is 12.1 Å². The minimum atomic E-state index is -0.869. The average molecular weight is 292 g/mol. The van der Waals surface area contributed by atoms with E-state index in [0.29, 0.717) is 17.7 Å². The molecule has 1 aromatic rings. The number of halogens is 2. The SMILES string of the molecule is C=C(/C=C(/C#Cc1c(F)ccc(N)c1F)CNCN)CN. The molecule has 0 unspecified atom stereocenters. The molecule has 0 amide bonds. The lowest BCUT2D eigenvalue weighted by Gasteiger charge is -2.03. The van der Waals surface area contributed by atoms with Gasteiger partial charge in [0.25, 0.3) is 0 Å². The van der Waals surface area contributed by atoms with Crippen LogP contribution in [0, 0.1) is 23.5 Å². The maximum Gasteiger partial charge on any atom is 0.164 e. The number of anilines is 1. The van der Waals surface area contributed by atoms with Crippen LogP contribution in [0.15, 0.2) is 35.9 Å². The van der Waals surface area contributed by atoms with Crippen molar-refractivity contribution in [3.63, 3.8) is 0 Å². The summed E-state index contributed by atoms with van der Waals surface area (Å²) < 4.78 is 27.3. The minimum absolute atomic E-state index is 0.155. The molecule has 0 fully saturated rings. The summed E-state index contributed by atoms with van der Waals surface area (Å²) in [7, 11) is 0. The van der Waals surface area contributed by atoms with Gasteiger partial charge in [-0.25, -0.2) is 8.78 Å². The lowest BCUT2D eigenvalue weighted by Crippen LogP contribution is -2.24. The molecule has 0 spiro atoms. The van der Waals surface area contributed by atoms with E-state index in [-0.39, 0.29) is 24.5 Å². The van der Waals surface area contributed by atoms with Crippen LogP contribution in [0.5, 0.6) is 0 Å². The second-order valence-corrected chi connectivity index (χ2v) is 4.24. The lowest BCUT2D eigenvalue weighted by atomic mass is 10.1. The third kappa shape index (κ3) is 5.00. The summed E-state index contributed by atoms with van der Waals surface area (Å²) in [6.07, 6.45) is 1.65. The normalized spacial score (nSPS) is 11.0. The van der Waals surface area contributed by atoms with Gasteiger partial charge in [-0.3, -0.25) is 5.32 Å². The summed E-state index contributed by atoms with van der Waals surface area (Å²) in [5.41, 5.74) is 16.9. The number of nitrogen functional groups attached to an aromatic ring is 1. The highest BCUT2D eigenvalue weighted by Gasteiger charge is 2.09. The molecule has 0 aliphatic heterocycles. The molecule has 0 aliphatic carbocycles. The van der Waals surface area contributed by atoms with Crippen LogP contribution in [0.2, 0.25) is 0 Å². The molecule has 1 rings (SSSR count). The first-order valence-corrected chi connectivity index (χ1v) is 6.24. The van der Waals surface area contributed by atoms with Gasteiger partial charge in [0.15, 0.2) is 5.82 Å². The van der Waals surface area contributed by atoms with Crippen LogP contribution in [0.4, 0.5) is 14.5 Å². The molecule has 112 valence electrons. The van der Waals surface area contributed by atoms with Gasteiger partial charge in [0.2, 0.25) is 0 Å². The molecule has 6 heteroatoms. The fourth-order valence-electron chi connectivity index (χ4n) is 1.47. The van der Waals surface area contributed by atoms with Crippen LogP contribution in [0.1, 0.15) is 5.56 Å². The van der Waals surface area contributed by atoms with Gasteiger partial charge in [-0.2, -0.15) is 0 Å². The Labute approximate surface area is 122 Å². The molecule has 7 N–H and O–H groups in total. The Morgan fingerprint density at radius 2 is 2.05 bits per heavy atom. The molecule has 0 bridgehead atoms. The molecular weight excluding hydrogens is 274 g/mol. The Balaban J connectivity index is 3.13. The van der Waals surface area contributed by atoms with E-state index in [1.165, 1.54) is 0 Å². The van der Waals surface area contributed by atoms with E-state index in [4.69, 9.17) is 17.2 Å². The predicted molar refractivity (Wildman–Crippen MR) is 81.0 cm³/mol. The molecule has 0 aliphatic rings. The van der Waals surface area contributed by atoms with Crippen LogP contribution >= 0.6 is 0 Å². The van der Waals surface area contributed by atoms with Gasteiger partial charge in [0.05, 0.1) is 11.3 Å². The Morgan fingerprint density at radius 1 is 1.33 bits per heavy atom. The average Bonchev–Trinajstić information content (AvgIpc) is 2.48. The van der Waals surface area contributed by atoms with Crippen LogP contribution in [-0.4, -0.2) is 19.8 Å². The van der Waals surface area contributed by atoms with E-state index >= 15 is 0 Å². The third-order valence-electron chi connectivity index (χ3n) is 2.57. The number of hydrogen-bond acceptors (Lipinski definition) is 4. The molecule has 21 heavy (non-hydrogen) atoms. The number of nitrogens with one attached hydrogen (secondary N) is 1. The molecule has 4 nitrogen and oxygen atoms in total. The first-order valence-electron chi connectivity index (χ1n) is 6.24. The zero-order chi connectivity index (χ0) is 15.8. The smallest absolute Gasteiger partial charge is 0.164 e. The first-order chi connectivity index (χ1) is 9.99. The van der Waals surface area contributed by atoms with Crippen molar-refractivity contribution in [2.24, 2.45) is 11.5 Å². The Morgan fingerprint density at radius 3 is 2.67 bits per heavy atom. The van der Waals surface area contributed by atoms with Crippen molar-refractivity contribution in [1.82, 2.24) is 5.32 Å². The van der Waals surface area contributed by atoms with Gasteiger partial charge in [0.1, 0.15) is 5.82 Å². The van der Waals surface area contributed by atoms with E-state index in [9.17, 15) is 8.78 Å². The molecule has 0 atom stereocenters. The third-order valence-corrected chi connectivity index (χ3v) is 2.57. The minimum Gasteiger partial charge on any atom is -0.396 e. The molecule has 0 aromatic heterocycles. The fourth-order valence-corrected chi connectivity index (χ4v) is 1.47. The summed E-state index contributed by atoms with van der Waals surface area (Å²) in [5.74, 6) is 3.50. The lowest BCUT2D eigenvalue weighted by molar-refractivity contribution is 0.580.